The van der Waals surface area contributed by atoms with E-state index in [0.29, 0.717) is 11.4 Å². The number of sulfonamides is 1. The van der Waals surface area contributed by atoms with E-state index < -0.39 is 22.7 Å². The second kappa shape index (κ2) is 6.39. The maximum Gasteiger partial charge on any atom is 0.262 e. The molecule has 2 rings (SSSR count). The van der Waals surface area contributed by atoms with E-state index >= 15 is 0 Å². The minimum absolute atomic E-state index is 0.0402. The minimum atomic E-state index is -3.84. The van der Waals surface area contributed by atoms with Gasteiger partial charge in [0.15, 0.2) is 6.61 Å². The molecule has 21 heavy (non-hydrogen) atoms. The molecule has 0 bridgehead atoms. The fourth-order valence-electron chi connectivity index (χ4n) is 1.84. The van der Waals surface area contributed by atoms with Crippen LogP contribution in [0, 0.1) is 0 Å². The van der Waals surface area contributed by atoms with Crippen molar-refractivity contribution in [3.05, 3.63) is 18.2 Å². The van der Waals surface area contributed by atoms with Crippen LogP contribution in [0.4, 0.5) is 5.69 Å². The van der Waals surface area contributed by atoms with Crippen molar-refractivity contribution in [1.82, 2.24) is 4.72 Å². The van der Waals surface area contributed by atoms with Gasteiger partial charge in [0.2, 0.25) is 10.0 Å². The third kappa shape index (κ3) is 3.70. The number of aliphatic hydroxyl groups is 1. The van der Waals surface area contributed by atoms with Gasteiger partial charge in [-0.05, 0) is 18.2 Å². The maximum absolute atomic E-state index is 12.2. The number of methoxy groups -OCH3 is 1. The van der Waals surface area contributed by atoms with Gasteiger partial charge in [0, 0.05) is 7.11 Å². The highest BCUT2D eigenvalue weighted by Gasteiger charge is 2.23. The van der Waals surface area contributed by atoms with Gasteiger partial charge in [0.25, 0.3) is 5.91 Å². The first-order chi connectivity index (χ1) is 9.96. The summed E-state index contributed by atoms with van der Waals surface area (Å²) in [6.45, 7) is -0.448. The molecule has 0 saturated carbocycles. The highest BCUT2D eigenvalue weighted by Crippen LogP contribution is 2.30. The van der Waals surface area contributed by atoms with Gasteiger partial charge in [-0.1, -0.05) is 0 Å². The Bertz CT molecular complexity index is 631. The van der Waals surface area contributed by atoms with E-state index in [1.54, 1.807) is 0 Å². The van der Waals surface area contributed by atoms with E-state index in [9.17, 15) is 13.2 Å². The molecule has 1 heterocycles. The molecule has 116 valence electrons. The summed E-state index contributed by atoms with van der Waals surface area (Å²) in [7, 11) is -2.44. The number of amides is 1. The van der Waals surface area contributed by atoms with Gasteiger partial charge in [-0.3, -0.25) is 4.79 Å². The summed E-state index contributed by atoms with van der Waals surface area (Å²) in [5, 5.41) is 11.6. The zero-order chi connectivity index (χ0) is 15.5. The van der Waals surface area contributed by atoms with Crippen molar-refractivity contribution in [3.63, 3.8) is 0 Å². The van der Waals surface area contributed by atoms with E-state index in [1.165, 1.54) is 25.3 Å². The van der Waals surface area contributed by atoms with Crippen LogP contribution in [0.5, 0.6) is 5.75 Å². The number of anilines is 1. The van der Waals surface area contributed by atoms with Crippen molar-refractivity contribution in [2.45, 2.75) is 10.9 Å². The lowest BCUT2D eigenvalue weighted by atomic mass is 10.2. The standard InChI is InChI=1S/C12H16N2O6S/c1-19-6-8(5-15)14-21(17,18)9-2-3-11-10(4-9)13-12(16)7-20-11/h2-4,8,14-15H,5-7H2,1H3,(H,13,16). The first-order valence-corrected chi connectivity index (χ1v) is 7.63. The highest BCUT2D eigenvalue weighted by atomic mass is 32.2. The predicted molar refractivity (Wildman–Crippen MR) is 73.6 cm³/mol. The van der Waals surface area contributed by atoms with Gasteiger partial charge < -0.3 is 19.9 Å². The number of hydrogen-bond donors (Lipinski definition) is 3. The van der Waals surface area contributed by atoms with Gasteiger partial charge >= 0.3 is 0 Å². The lowest BCUT2D eigenvalue weighted by Crippen LogP contribution is -2.40. The SMILES string of the molecule is COCC(CO)NS(=O)(=O)c1ccc2c(c1)NC(=O)CO2. The second-order valence-corrected chi connectivity index (χ2v) is 6.16. The number of hydrogen-bond acceptors (Lipinski definition) is 6. The topological polar surface area (TPSA) is 114 Å². The van der Waals surface area contributed by atoms with Crippen molar-refractivity contribution in [2.24, 2.45) is 0 Å². The third-order valence-corrected chi connectivity index (χ3v) is 4.32. The third-order valence-electron chi connectivity index (χ3n) is 2.80. The average molecular weight is 316 g/mol. The van der Waals surface area contributed by atoms with E-state index in [-0.39, 0.29) is 24.0 Å². The summed E-state index contributed by atoms with van der Waals surface area (Å²) in [4.78, 5) is 11.2. The molecule has 0 saturated heterocycles. The summed E-state index contributed by atoms with van der Waals surface area (Å²) in [6.07, 6.45) is 0. The van der Waals surface area contributed by atoms with Crippen LogP contribution in [0.1, 0.15) is 0 Å². The summed E-state index contributed by atoms with van der Waals surface area (Å²) < 4.78 is 36.7. The number of benzene rings is 1. The molecule has 1 aromatic rings. The number of rotatable bonds is 6. The first-order valence-electron chi connectivity index (χ1n) is 6.15. The number of aliphatic hydroxyl groups excluding tert-OH is 1. The molecule has 1 aliphatic heterocycles. The number of ether oxygens (including phenoxy) is 2. The Hall–Kier alpha value is -1.68. The Morgan fingerprint density at radius 3 is 2.95 bits per heavy atom. The molecule has 1 unspecified atom stereocenters. The van der Waals surface area contributed by atoms with Gasteiger partial charge in [-0.15, -0.1) is 0 Å². The summed E-state index contributed by atoms with van der Waals surface area (Å²) in [5.41, 5.74) is 0.293. The summed E-state index contributed by atoms with van der Waals surface area (Å²) >= 11 is 0. The molecule has 1 atom stereocenters. The fourth-order valence-corrected chi connectivity index (χ4v) is 3.08. The molecular formula is C12H16N2O6S. The van der Waals surface area contributed by atoms with Crippen LogP contribution in [-0.4, -0.2) is 52.4 Å². The van der Waals surface area contributed by atoms with Crippen LogP contribution >= 0.6 is 0 Å². The van der Waals surface area contributed by atoms with Crippen LogP contribution in [0.2, 0.25) is 0 Å². The van der Waals surface area contributed by atoms with Gasteiger partial charge in [-0.2, -0.15) is 0 Å². The zero-order valence-corrected chi connectivity index (χ0v) is 12.1. The normalized spacial score (nSPS) is 15.8. The van der Waals surface area contributed by atoms with Crippen molar-refractivity contribution < 1.29 is 27.8 Å². The van der Waals surface area contributed by atoms with Gasteiger partial charge in [0.1, 0.15) is 5.75 Å². The summed E-state index contributed by atoms with van der Waals surface area (Å²) in [5.74, 6) is 0.0572. The number of nitrogens with one attached hydrogen (secondary N) is 2. The average Bonchev–Trinajstić information content (AvgIpc) is 2.45. The molecule has 8 nitrogen and oxygen atoms in total. The molecule has 0 aromatic heterocycles. The van der Waals surface area contributed by atoms with Crippen LogP contribution in [0.25, 0.3) is 0 Å². The second-order valence-electron chi connectivity index (χ2n) is 4.45. The number of fused-ring (bicyclic) bond motifs is 1. The maximum atomic E-state index is 12.2. The largest absolute Gasteiger partial charge is 0.482 e. The van der Waals surface area contributed by atoms with Crippen molar-refractivity contribution >= 4 is 21.6 Å². The Morgan fingerprint density at radius 1 is 1.52 bits per heavy atom. The van der Waals surface area contributed by atoms with Crippen LogP contribution in [-0.2, 0) is 19.6 Å². The Morgan fingerprint density at radius 2 is 2.29 bits per heavy atom. The smallest absolute Gasteiger partial charge is 0.262 e. The lowest BCUT2D eigenvalue weighted by Gasteiger charge is -2.19. The molecule has 1 aromatic carbocycles. The Labute approximate surface area is 122 Å². The quantitative estimate of drug-likeness (QED) is 0.640. The van der Waals surface area contributed by atoms with Crippen molar-refractivity contribution in [3.8, 4) is 5.75 Å². The summed E-state index contributed by atoms with van der Waals surface area (Å²) in [6, 6.07) is 3.38. The van der Waals surface area contributed by atoms with E-state index in [1.807, 2.05) is 0 Å². The van der Waals surface area contributed by atoms with Crippen LogP contribution in [0.3, 0.4) is 0 Å². The molecule has 0 spiro atoms. The number of carbonyl (C=O) groups excluding carboxylic acids is 1. The van der Waals surface area contributed by atoms with E-state index in [4.69, 9.17) is 14.6 Å². The molecule has 0 aliphatic carbocycles. The Kier molecular flexibility index (Phi) is 4.78. The monoisotopic (exact) mass is 316 g/mol. The fraction of sp³-hybridized carbons (Fsp3) is 0.417. The molecule has 9 heteroatoms. The molecule has 0 radical (unpaired) electrons. The molecular weight excluding hydrogens is 300 g/mol. The first kappa shape index (κ1) is 15.7. The lowest BCUT2D eigenvalue weighted by molar-refractivity contribution is -0.118. The van der Waals surface area contributed by atoms with Gasteiger partial charge in [-0.25, -0.2) is 13.1 Å². The highest BCUT2D eigenvalue weighted by molar-refractivity contribution is 7.89. The van der Waals surface area contributed by atoms with Crippen molar-refractivity contribution in [2.75, 3.05) is 32.2 Å². The Balaban J connectivity index is 2.24. The molecule has 1 amide bonds. The number of carbonyl (C=O) groups is 1. The van der Waals surface area contributed by atoms with E-state index in [0.717, 1.165) is 0 Å². The molecule has 0 fully saturated rings. The van der Waals surface area contributed by atoms with Crippen LogP contribution < -0.4 is 14.8 Å². The minimum Gasteiger partial charge on any atom is -0.482 e. The van der Waals surface area contributed by atoms with Gasteiger partial charge in [0.05, 0.1) is 29.8 Å². The van der Waals surface area contributed by atoms with Crippen LogP contribution in [0.15, 0.2) is 23.1 Å². The predicted octanol–water partition coefficient (Wildman–Crippen LogP) is -0.697. The molecule has 1 aliphatic rings. The molecule has 3 N–H and O–H groups in total. The van der Waals surface area contributed by atoms with E-state index in [2.05, 4.69) is 10.0 Å². The zero-order valence-electron chi connectivity index (χ0n) is 11.3. The van der Waals surface area contributed by atoms with Crippen molar-refractivity contribution in [1.29, 1.82) is 0 Å².